The molecule has 0 aromatic heterocycles. The van der Waals surface area contributed by atoms with Gasteiger partial charge < -0.3 is 10.2 Å². The number of aryl methyl sites for hydroxylation is 1. The molecule has 0 aliphatic carbocycles. The van der Waals surface area contributed by atoms with Gasteiger partial charge in [0.25, 0.3) is 0 Å². The summed E-state index contributed by atoms with van der Waals surface area (Å²) in [7, 11) is 0. The van der Waals surface area contributed by atoms with Gasteiger partial charge in [-0.25, -0.2) is 4.79 Å². The SMILES string of the molecule is CCCNC(=O)NC(=O)CN1CCCc2ccccc21. The summed E-state index contributed by atoms with van der Waals surface area (Å²) in [5.41, 5.74) is 2.37. The molecule has 1 aromatic rings. The van der Waals surface area contributed by atoms with Crippen LogP contribution in [0.1, 0.15) is 25.3 Å². The van der Waals surface area contributed by atoms with Crippen LogP contribution in [0, 0.1) is 0 Å². The fraction of sp³-hybridized carbons (Fsp3) is 0.467. The van der Waals surface area contributed by atoms with Crippen molar-refractivity contribution in [2.75, 3.05) is 24.5 Å². The third kappa shape index (κ3) is 3.73. The summed E-state index contributed by atoms with van der Waals surface area (Å²) in [6.45, 7) is 3.61. The van der Waals surface area contributed by atoms with E-state index < -0.39 is 6.03 Å². The molecule has 1 aliphatic heterocycles. The molecule has 0 bridgehead atoms. The average molecular weight is 275 g/mol. The van der Waals surface area contributed by atoms with Crippen LogP contribution in [0.15, 0.2) is 24.3 Å². The third-order valence-electron chi connectivity index (χ3n) is 3.33. The molecule has 108 valence electrons. The smallest absolute Gasteiger partial charge is 0.321 e. The number of imide groups is 1. The summed E-state index contributed by atoms with van der Waals surface area (Å²) >= 11 is 0. The van der Waals surface area contributed by atoms with Crippen LogP contribution in [0.25, 0.3) is 0 Å². The first-order valence-electron chi connectivity index (χ1n) is 7.11. The molecule has 0 unspecified atom stereocenters. The van der Waals surface area contributed by atoms with Gasteiger partial charge >= 0.3 is 6.03 Å². The number of anilines is 1. The highest BCUT2D eigenvalue weighted by Gasteiger charge is 2.19. The highest BCUT2D eigenvalue weighted by molar-refractivity contribution is 5.96. The Morgan fingerprint density at radius 1 is 1.30 bits per heavy atom. The molecule has 3 amide bonds. The van der Waals surface area contributed by atoms with Gasteiger partial charge in [-0.15, -0.1) is 0 Å². The van der Waals surface area contributed by atoms with Crippen molar-refractivity contribution in [3.05, 3.63) is 29.8 Å². The fourth-order valence-electron chi connectivity index (χ4n) is 2.40. The molecular weight excluding hydrogens is 254 g/mol. The molecule has 5 heteroatoms. The molecule has 5 nitrogen and oxygen atoms in total. The average Bonchev–Trinajstić information content (AvgIpc) is 2.45. The molecule has 1 heterocycles. The Morgan fingerprint density at radius 2 is 2.10 bits per heavy atom. The lowest BCUT2D eigenvalue weighted by Crippen LogP contribution is -2.45. The van der Waals surface area contributed by atoms with E-state index in [9.17, 15) is 9.59 Å². The minimum absolute atomic E-state index is 0.219. The lowest BCUT2D eigenvalue weighted by Gasteiger charge is -2.30. The van der Waals surface area contributed by atoms with Crippen molar-refractivity contribution in [2.45, 2.75) is 26.2 Å². The molecule has 20 heavy (non-hydrogen) atoms. The van der Waals surface area contributed by atoms with Crippen LogP contribution in [0.5, 0.6) is 0 Å². The number of nitrogens with zero attached hydrogens (tertiary/aromatic N) is 1. The zero-order valence-electron chi connectivity index (χ0n) is 11.8. The van der Waals surface area contributed by atoms with Crippen molar-refractivity contribution in [2.24, 2.45) is 0 Å². The number of rotatable bonds is 4. The number of amides is 3. The Kier molecular flexibility index (Phi) is 4.98. The zero-order chi connectivity index (χ0) is 14.4. The normalized spacial score (nSPS) is 13.6. The summed E-state index contributed by atoms with van der Waals surface area (Å²) in [6, 6.07) is 7.69. The Hall–Kier alpha value is -2.04. The molecule has 2 rings (SSSR count). The van der Waals surface area contributed by atoms with Gasteiger partial charge in [0, 0.05) is 18.8 Å². The number of benzene rings is 1. The monoisotopic (exact) mass is 275 g/mol. The minimum Gasteiger partial charge on any atom is -0.362 e. The van der Waals surface area contributed by atoms with Crippen molar-refractivity contribution in [1.82, 2.24) is 10.6 Å². The summed E-state index contributed by atoms with van der Waals surface area (Å²) in [5, 5.41) is 4.99. The molecule has 0 spiro atoms. The summed E-state index contributed by atoms with van der Waals surface area (Å²) in [5.74, 6) is -0.268. The van der Waals surface area contributed by atoms with E-state index in [0.717, 1.165) is 31.5 Å². The lowest BCUT2D eigenvalue weighted by molar-refractivity contribution is -0.118. The summed E-state index contributed by atoms with van der Waals surface area (Å²) in [4.78, 5) is 25.3. The van der Waals surface area contributed by atoms with Crippen LogP contribution in [0.2, 0.25) is 0 Å². The van der Waals surface area contributed by atoms with Gasteiger partial charge in [0.05, 0.1) is 6.54 Å². The van der Waals surface area contributed by atoms with Gasteiger partial charge in [0.1, 0.15) is 0 Å². The molecule has 0 saturated heterocycles. The number of hydrogen-bond donors (Lipinski definition) is 2. The highest BCUT2D eigenvalue weighted by Crippen LogP contribution is 2.26. The Morgan fingerprint density at radius 3 is 2.90 bits per heavy atom. The molecular formula is C15H21N3O2. The molecule has 0 fully saturated rings. The predicted octanol–water partition coefficient (Wildman–Crippen LogP) is 1.68. The van der Waals surface area contributed by atoms with Crippen molar-refractivity contribution in [3.8, 4) is 0 Å². The van der Waals surface area contributed by atoms with Crippen molar-refractivity contribution >= 4 is 17.6 Å². The molecule has 0 radical (unpaired) electrons. The van der Waals surface area contributed by atoms with Gasteiger partial charge in [-0.2, -0.15) is 0 Å². The quantitative estimate of drug-likeness (QED) is 0.878. The van der Waals surface area contributed by atoms with Gasteiger partial charge in [-0.3, -0.25) is 10.1 Å². The first-order chi connectivity index (χ1) is 9.70. The van der Waals surface area contributed by atoms with E-state index in [1.807, 2.05) is 30.0 Å². The maximum absolute atomic E-state index is 11.9. The molecule has 2 N–H and O–H groups in total. The van der Waals surface area contributed by atoms with Crippen LogP contribution in [-0.2, 0) is 11.2 Å². The molecule has 1 aromatic carbocycles. The second kappa shape index (κ2) is 6.93. The Labute approximate surface area is 119 Å². The number of hydrogen-bond acceptors (Lipinski definition) is 3. The predicted molar refractivity (Wildman–Crippen MR) is 78.8 cm³/mol. The number of carbonyl (C=O) groups excluding carboxylic acids is 2. The van der Waals surface area contributed by atoms with E-state index in [1.54, 1.807) is 0 Å². The summed E-state index contributed by atoms with van der Waals surface area (Å²) < 4.78 is 0. The topological polar surface area (TPSA) is 61.4 Å². The number of fused-ring (bicyclic) bond motifs is 1. The van der Waals surface area contributed by atoms with E-state index in [2.05, 4.69) is 16.7 Å². The van der Waals surface area contributed by atoms with E-state index >= 15 is 0 Å². The molecule has 0 atom stereocenters. The van der Waals surface area contributed by atoms with Gasteiger partial charge in [0.2, 0.25) is 5.91 Å². The fourth-order valence-corrected chi connectivity index (χ4v) is 2.40. The number of urea groups is 1. The number of nitrogens with one attached hydrogen (secondary N) is 2. The van der Waals surface area contributed by atoms with Crippen LogP contribution in [-0.4, -0.2) is 31.6 Å². The Balaban J connectivity index is 1.91. The summed E-state index contributed by atoms with van der Waals surface area (Å²) in [6.07, 6.45) is 2.93. The van der Waals surface area contributed by atoms with Crippen LogP contribution in [0.3, 0.4) is 0 Å². The van der Waals surface area contributed by atoms with Gasteiger partial charge in [0.15, 0.2) is 0 Å². The van der Waals surface area contributed by atoms with E-state index in [1.165, 1.54) is 5.56 Å². The minimum atomic E-state index is -0.415. The van der Waals surface area contributed by atoms with E-state index in [0.29, 0.717) is 6.54 Å². The van der Waals surface area contributed by atoms with Crippen molar-refractivity contribution in [1.29, 1.82) is 0 Å². The van der Waals surface area contributed by atoms with Crippen LogP contribution < -0.4 is 15.5 Å². The maximum Gasteiger partial charge on any atom is 0.321 e. The zero-order valence-corrected chi connectivity index (χ0v) is 11.8. The highest BCUT2D eigenvalue weighted by atomic mass is 16.2. The van der Waals surface area contributed by atoms with Crippen molar-refractivity contribution in [3.63, 3.8) is 0 Å². The second-order valence-corrected chi connectivity index (χ2v) is 4.96. The largest absolute Gasteiger partial charge is 0.362 e. The first kappa shape index (κ1) is 14.4. The van der Waals surface area contributed by atoms with Gasteiger partial charge in [-0.05, 0) is 30.9 Å². The third-order valence-corrected chi connectivity index (χ3v) is 3.33. The number of carbonyl (C=O) groups is 2. The maximum atomic E-state index is 11.9. The lowest BCUT2D eigenvalue weighted by atomic mass is 10.0. The molecule has 1 aliphatic rings. The van der Waals surface area contributed by atoms with E-state index in [-0.39, 0.29) is 12.5 Å². The van der Waals surface area contributed by atoms with Gasteiger partial charge in [-0.1, -0.05) is 25.1 Å². The number of para-hydroxylation sites is 1. The second-order valence-electron chi connectivity index (χ2n) is 4.96. The molecule has 0 saturated carbocycles. The van der Waals surface area contributed by atoms with Crippen LogP contribution in [0.4, 0.5) is 10.5 Å². The van der Waals surface area contributed by atoms with Crippen LogP contribution >= 0.6 is 0 Å². The van der Waals surface area contributed by atoms with E-state index in [4.69, 9.17) is 0 Å². The Bertz CT molecular complexity index is 488. The first-order valence-corrected chi connectivity index (χ1v) is 7.11. The van der Waals surface area contributed by atoms with Crippen molar-refractivity contribution < 1.29 is 9.59 Å². The standard InChI is InChI=1S/C15H21N3O2/c1-2-9-16-15(20)17-14(19)11-18-10-5-7-12-6-3-4-8-13(12)18/h3-4,6,8H,2,5,7,9-11H2,1H3,(H2,16,17,19,20).